The Morgan fingerprint density at radius 1 is 1.21 bits per heavy atom. The van der Waals surface area contributed by atoms with E-state index in [2.05, 4.69) is 0 Å². The average molecular weight is 403 g/mol. The summed E-state index contributed by atoms with van der Waals surface area (Å²) in [4.78, 5) is 37.1. The number of hydrogen-bond donors (Lipinski definition) is 0. The van der Waals surface area contributed by atoms with Gasteiger partial charge >= 0.3 is 5.97 Å². The van der Waals surface area contributed by atoms with E-state index in [-0.39, 0.29) is 35.2 Å². The van der Waals surface area contributed by atoms with Crippen molar-refractivity contribution >= 4 is 34.9 Å². The number of halogens is 2. The van der Waals surface area contributed by atoms with Gasteiger partial charge in [-0.15, -0.1) is 0 Å². The van der Waals surface area contributed by atoms with Crippen LogP contribution in [0.5, 0.6) is 0 Å². The number of nitrogens with zero attached hydrogens (tertiary/aromatic N) is 2. The van der Waals surface area contributed by atoms with Gasteiger partial charge < -0.3 is 4.74 Å². The number of rotatable bonds is 3. The predicted octanol–water partition coefficient (Wildman–Crippen LogP) is 3.72. The van der Waals surface area contributed by atoms with Crippen LogP contribution in [0.15, 0.2) is 53.7 Å². The second-order valence-corrected chi connectivity index (χ2v) is 6.78. The van der Waals surface area contributed by atoms with Crippen LogP contribution in [0.25, 0.3) is 0 Å². The van der Waals surface area contributed by atoms with E-state index in [0.29, 0.717) is 16.9 Å². The van der Waals surface area contributed by atoms with Gasteiger partial charge in [-0.3, -0.25) is 19.8 Å². The molecule has 2 heterocycles. The third kappa shape index (κ3) is 2.91. The molecule has 0 saturated heterocycles. The third-order valence-corrected chi connectivity index (χ3v) is 5.05. The molecule has 2 aliphatic rings. The number of anilines is 1. The summed E-state index contributed by atoms with van der Waals surface area (Å²) >= 11 is 5.83. The standard InChI is InChI=1S/C19H12ClFN2O5/c20-14-7-11(4-5-15(14)21)22-16-9-28-19(25)18(16)13(8-17(22)24)10-2-1-3-12(6-10)23(26)27/h1-7,13H,8-9H2. The van der Waals surface area contributed by atoms with E-state index in [9.17, 15) is 24.1 Å². The SMILES string of the molecule is O=C1OCC2=C1C(c1cccc([N+](=O)[O-])c1)CC(=O)N2c1ccc(F)c(Cl)c1. The van der Waals surface area contributed by atoms with Crippen molar-refractivity contribution < 1.29 is 23.6 Å². The molecule has 0 spiro atoms. The first kappa shape index (κ1) is 18.1. The molecule has 2 aromatic carbocycles. The lowest BCUT2D eigenvalue weighted by atomic mass is 9.84. The Balaban J connectivity index is 1.83. The first-order valence-electron chi connectivity index (χ1n) is 8.29. The molecule has 1 amide bonds. The average Bonchev–Trinajstić information content (AvgIpc) is 3.05. The molecule has 0 aliphatic carbocycles. The molecule has 7 nitrogen and oxygen atoms in total. The van der Waals surface area contributed by atoms with E-state index in [1.807, 2.05) is 0 Å². The maximum absolute atomic E-state index is 13.5. The monoisotopic (exact) mass is 402 g/mol. The minimum atomic E-state index is -0.662. The second kappa shape index (κ2) is 6.72. The van der Waals surface area contributed by atoms with E-state index in [1.54, 1.807) is 6.07 Å². The van der Waals surface area contributed by atoms with Crippen LogP contribution in [0.4, 0.5) is 15.8 Å². The van der Waals surface area contributed by atoms with Gasteiger partial charge in [0.2, 0.25) is 5.91 Å². The lowest BCUT2D eigenvalue weighted by Crippen LogP contribution is -2.37. The van der Waals surface area contributed by atoms with Crippen LogP contribution in [0.2, 0.25) is 5.02 Å². The second-order valence-electron chi connectivity index (χ2n) is 6.37. The van der Waals surface area contributed by atoms with Crippen LogP contribution in [0.1, 0.15) is 17.9 Å². The van der Waals surface area contributed by atoms with Crippen LogP contribution in [-0.4, -0.2) is 23.4 Å². The smallest absolute Gasteiger partial charge is 0.336 e. The van der Waals surface area contributed by atoms with Crippen LogP contribution in [-0.2, 0) is 14.3 Å². The van der Waals surface area contributed by atoms with Gasteiger partial charge in [-0.2, -0.15) is 0 Å². The van der Waals surface area contributed by atoms with Crippen molar-refractivity contribution in [2.45, 2.75) is 12.3 Å². The number of carbonyl (C=O) groups is 2. The summed E-state index contributed by atoms with van der Waals surface area (Å²) in [6.07, 6.45) is -0.0932. The van der Waals surface area contributed by atoms with E-state index in [1.165, 1.54) is 35.2 Å². The summed E-state index contributed by atoms with van der Waals surface area (Å²) in [5.41, 5.74) is 1.26. The molecule has 2 aliphatic heterocycles. The van der Waals surface area contributed by atoms with Crippen molar-refractivity contribution in [1.82, 2.24) is 0 Å². The van der Waals surface area contributed by atoms with Crippen LogP contribution >= 0.6 is 11.6 Å². The molecule has 4 rings (SSSR count). The normalized spacial score (nSPS) is 18.9. The maximum Gasteiger partial charge on any atom is 0.336 e. The number of cyclic esters (lactones) is 1. The zero-order valence-corrected chi connectivity index (χ0v) is 15.0. The molecular formula is C19H12ClFN2O5. The maximum atomic E-state index is 13.5. The fourth-order valence-electron chi connectivity index (χ4n) is 3.52. The number of nitro benzene ring substituents is 1. The molecular weight excluding hydrogens is 391 g/mol. The fourth-order valence-corrected chi connectivity index (χ4v) is 3.69. The molecule has 1 atom stereocenters. The van der Waals surface area contributed by atoms with E-state index < -0.39 is 22.6 Å². The number of benzene rings is 2. The molecule has 0 saturated carbocycles. The first-order valence-corrected chi connectivity index (χ1v) is 8.67. The van der Waals surface area contributed by atoms with Crippen molar-refractivity contribution in [2.75, 3.05) is 11.5 Å². The van der Waals surface area contributed by atoms with Gasteiger partial charge in [-0.1, -0.05) is 23.7 Å². The minimum absolute atomic E-state index is 0.0932. The van der Waals surface area contributed by atoms with Gasteiger partial charge in [-0.25, -0.2) is 9.18 Å². The van der Waals surface area contributed by atoms with E-state index in [0.717, 1.165) is 6.07 Å². The number of carbonyl (C=O) groups excluding carboxylic acids is 2. The molecule has 28 heavy (non-hydrogen) atoms. The Kier molecular flexibility index (Phi) is 4.35. The van der Waals surface area contributed by atoms with Gasteiger partial charge in [0.1, 0.15) is 12.4 Å². The lowest BCUT2D eigenvalue weighted by Gasteiger charge is -2.31. The Morgan fingerprint density at radius 3 is 2.71 bits per heavy atom. The van der Waals surface area contributed by atoms with Gasteiger partial charge in [0, 0.05) is 24.5 Å². The quantitative estimate of drug-likeness (QED) is 0.443. The predicted molar refractivity (Wildman–Crippen MR) is 97.3 cm³/mol. The Morgan fingerprint density at radius 2 is 2.00 bits per heavy atom. The number of hydrogen-bond acceptors (Lipinski definition) is 5. The minimum Gasteiger partial charge on any atom is -0.456 e. The topological polar surface area (TPSA) is 89.7 Å². The molecule has 1 unspecified atom stereocenters. The number of esters is 1. The van der Waals surface area contributed by atoms with Crippen molar-refractivity contribution in [1.29, 1.82) is 0 Å². The van der Waals surface area contributed by atoms with Crippen LogP contribution in [0.3, 0.4) is 0 Å². The van der Waals surface area contributed by atoms with Gasteiger partial charge in [0.05, 0.1) is 26.9 Å². The van der Waals surface area contributed by atoms with Gasteiger partial charge in [0.15, 0.2) is 0 Å². The van der Waals surface area contributed by atoms with Crippen molar-refractivity contribution in [3.05, 3.63) is 80.3 Å². The number of nitro groups is 1. The molecule has 0 radical (unpaired) electrons. The summed E-state index contributed by atoms with van der Waals surface area (Å²) in [7, 11) is 0. The van der Waals surface area contributed by atoms with Crippen molar-refractivity contribution in [3.63, 3.8) is 0 Å². The Bertz CT molecular complexity index is 1070. The molecule has 0 fully saturated rings. The molecule has 2 aromatic rings. The van der Waals surface area contributed by atoms with Crippen LogP contribution in [0, 0.1) is 15.9 Å². The molecule has 0 N–H and O–H groups in total. The van der Waals surface area contributed by atoms with Crippen molar-refractivity contribution in [2.24, 2.45) is 0 Å². The Hall–Kier alpha value is -3.26. The number of ether oxygens (including phenoxy) is 1. The first-order chi connectivity index (χ1) is 13.4. The number of amides is 1. The molecule has 9 heteroatoms. The number of non-ortho nitro benzene ring substituents is 1. The summed E-state index contributed by atoms with van der Waals surface area (Å²) in [6.45, 7) is -0.125. The highest BCUT2D eigenvalue weighted by molar-refractivity contribution is 6.31. The summed E-state index contributed by atoms with van der Waals surface area (Å²) in [5, 5.41) is 10.9. The largest absolute Gasteiger partial charge is 0.456 e. The highest BCUT2D eigenvalue weighted by atomic mass is 35.5. The van der Waals surface area contributed by atoms with Gasteiger partial charge in [0.25, 0.3) is 5.69 Å². The molecule has 0 aromatic heterocycles. The summed E-state index contributed by atoms with van der Waals surface area (Å²) in [5.74, 6) is -2.23. The highest BCUT2D eigenvalue weighted by Crippen LogP contribution is 2.42. The third-order valence-electron chi connectivity index (χ3n) is 4.76. The van der Waals surface area contributed by atoms with Crippen LogP contribution < -0.4 is 4.90 Å². The summed E-state index contributed by atoms with van der Waals surface area (Å²) in [6, 6.07) is 9.64. The zero-order chi connectivity index (χ0) is 20.0. The van der Waals surface area contributed by atoms with Gasteiger partial charge in [-0.05, 0) is 23.8 Å². The zero-order valence-electron chi connectivity index (χ0n) is 14.2. The highest BCUT2D eigenvalue weighted by Gasteiger charge is 2.43. The van der Waals surface area contributed by atoms with E-state index >= 15 is 0 Å². The van der Waals surface area contributed by atoms with Crippen molar-refractivity contribution in [3.8, 4) is 0 Å². The fraction of sp³-hybridized carbons (Fsp3) is 0.158. The molecule has 0 bridgehead atoms. The Labute approximate surface area is 163 Å². The van der Waals surface area contributed by atoms with E-state index in [4.69, 9.17) is 16.3 Å². The molecule has 142 valence electrons. The lowest BCUT2D eigenvalue weighted by molar-refractivity contribution is -0.384. The summed E-state index contributed by atoms with van der Waals surface area (Å²) < 4.78 is 18.6.